The normalized spacial score (nSPS) is 10.8. The van der Waals surface area contributed by atoms with Crippen LogP contribution in [0.5, 0.6) is 5.75 Å². The Morgan fingerprint density at radius 1 is 1.31 bits per heavy atom. The van der Waals surface area contributed by atoms with Crippen molar-refractivity contribution in [3.05, 3.63) is 28.3 Å². The first-order valence-electron chi connectivity index (χ1n) is 4.09. The van der Waals surface area contributed by atoms with Gasteiger partial charge in [-0.05, 0) is 17.7 Å². The SMILES string of the molecule is C=c1[nH]c2c(C)ccc(=C)c2c1O. The minimum Gasteiger partial charge on any atom is -0.505 e. The van der Waals surface area contributed by atoms with Gasteiger partial charge in [-0.25, -0.2) is 0 Å². The molecule has 0 radical (unpaired) electrons. The average molecular weight is 173 g/mol. The zero-order chi connectivity index (χ0) is 9.59. The lowest BCUT2D eigenvalue weighted by Gasteiger charge is -1.95. The van der Waals surface area contributed by atoms with E-state index in [4.69, 9.17) is 0 Å². The van der Waals surface area contributed by atoms with Gasteiger partial charge in [0.15, 0.2) is 0 Å². The van der Waals surface area contributed by atoms with E-state index < -0.39 is 0 Å². The Morgan fingerprint density at radius 3 is 2.62 bits per heavy atom. The third-order valence-corrected chi connectivity index (χ3v) is 2.30. The van der Waals surface area contributed by atoms with Crippen LogP contribution in [0.3, 0.4) is 0 Å². The number of H-pyrrole nitrogens is 1. The summed E-state index contributed by atoms with van der Waals surface area (Å²) in [6.45, 7) is 9.55. The molecule has 0 aliphatic carbocycles. The van der Waals surface area contributed by atoms with Crippen LogP contribution in [0.1, 0.15) is 5.56 Å². The minimum absolute atomic E-state index is 0.212. The van der Waals surface area contributed by atoms with Gasteiger partial charge in [0.1, 0.15) is 5.75 Å². The Kier molecular flexibility index (Phi) is 1.46. The van der Waals surface area contributed by atoms with E-state index in [1.807, 2.05) is 19.1 Å². The van der Waals surface area contributed by atoms with Crippen LogP contribution in [0.2, 0.25) is 0 Å². The maximum atomic E-state index is 9.67. The Morgan fingerprint density at radius 2 is 2.00 bits per heavy atom. The Labute approximate surface area is 75.8 Å². The smallest absolute Gasteiger partial charge is 0.148 e. The van der Waals surface area contributed by atoms with Crippen molar-refractivity contribution in [2.24, 2.45) is 0 Å². The summed E-state index contributed by atoms with van der Waals surface area (Å²) >= 11 is 0. The number of aryl methyl sites for hydroxylation is 1. The van der Waals surface area contributed by atoms with E-state index in [9.17, 15) is 5.11 Å². The molecule has 2 N–H and O–H groups in total. The van der Waals surface area contributed by atoms with Gasteiger partial charge in [-0.15, -0.1) is 0 Å². The first-order chi connectivity index (χ1) is 6.11. The highest BCUT2D eigenvalue weighted by Gasteiger charge is 2.06. The molecule has 0 aliphatic heterocycles. The van der Waals surface area contributed by atoms with Crippen molar-refractivity contribution in [2.75, 3.05) is 0 Å². The van der Waals surface area contributed by atoms with Crippen LogP contribution in [-0.2, 0) is 0 Å². The highest BCUT2D eigenvalue weighted by atomic mass is 16.3. The van der Waals surface area contributed by atoms with Gasteiger partial charge in [-0.3, -0.25) is 0 Å². The molecule has 66 valence electrons. The van der Waals surface area contributed by atoms with E-state index >= 15 is 0 Å². The van der Waals surface area contributed by atoms with Gasteiger partial charge in [-0.1, -0.05) is 25.3 Å². The first kappa shape index (κ1) is 7.92. The van der Waals surface area contributed by atoms with Crippen molar-refractivity contribution >= 4 is 24.1 Å². The first-order valence-corrected chi connectivity index (χ1v) is 4.09. The van der Waals surface area contributed by atoms with Gasteiger partial charge >= 0.3 is 0 Å². The van der Waals surface area contributed by atoms with Crippen molar-refractivity contribution in [1.29, 1.82) is 0 Å². The maximum Gasteiger partial charge on any atom is 0.148 e. The third-order valence-electron chi connectivity index (χ3n) is 2.30. The molecule has 0 saturated heterocycles. The van der Waals surface area contributed by atoms with Crippen LogP contribution < -0.4 is 10.6 Å². The molecule has 2 heteroatoms. The van der Waals surface area contributed by atoms with E-state index in [1.54, 1.807) is 0 Å². The molecule has 2 rings (SSSR count). The number of fused-ring (bicyclic) bond motifs is 1. The number of aromatic amines is 1. The predicted molar refractivity (Wildman–Crippen MR) is 55.0 cm³/mol. The lowest BCUT2D eigenvalue weighted by Crippen LogP contribution is -1.98. The summed E-state index contributed by atoms with van der Waals surface area (Å²) in [5.74, 6) is 0.212. The van der Waals surface area contributed by atoms with Crippen molar-refractivity contribution in [1.82, 2.24) is 4.98 Å². The molecule has 1 aromatic carbocycles. The van der Waals surface area contributed by atoms with E-state index in [-0.39, 0.29) is 5.75 Å². The number of rotatable bonds is 0. The third kappa shape index (κ3) is 0.952. The van der Waals surface area contributed by atoms with E-state index in [1.165, 1.54) is 0 Å². The monoisotopic (exact) mass is 173 g/mol. The predicted octanol–water partition coefficient (Wildman–Crippen LogP) is 1.00. The second kappa shape index (κ2) is 2.39. The molecule has 0 spiro atoms. The largest absolute Gasteiger partial charge is 0.505 e. The summed E-state index contributed by atoms with van der Waals surface area (Å²) in [6.07, 6.45) is 0. The molecule has 1 heterocycles. The van der Waals surface area contributed by atoms with Gasteiger partial charge in [0.2, 0.25) is 0 Å². The summed E-state index contributed by atoms with van der Waals surface area (Å²) in [6, 6.07) is 3.87. The molecule has 0 atom stereocenters. The Bertz CT molecular complexity index is 566. The molecule has 2 aromatic rings. The Hall–Kier alpha value is -1.70. The molecule has 13 heavy (non-hydrogen) atoms. The van der Waals surface area contributed by atoms with Crippen molar-refractivity contribution < 1.29 is 5.11 Å². The number of nitrogens with one attached hydrogen (secondary N) is 1. The molecule has 0 aliphatic rings. The second-order valence-electron chi connectivity index (χ2n) is 3.24. The molecule has 0 bridgehead atoms. The number of aromatic hydroxyl groups is 1. The number of benzene rings is 1. The fraction of sp³-hybridized carbons (Fsp3) is 0.0909. The van der Waals surface area contributed by atoms with Crippen LogP contribution in [0.25, 0.3) is 24.1 Å². The fourth-order valence-electron chi connectivity index (χ4n) is 1.54. The molecule has 0 amide bonds. The minimum atomic E-state index is 0.212. The summed E-state index contributed by atoms with van der Waals surface area (Å²) < 4.78 is 0. The fourth-order valence-corrected chi connectivity index (χ4v) is 1.54. The zero-order valence-electron chi connectivity index (χ0n) is 7.52. The van der Waals surface area contributed by atoms with Gasteiger partial charge in [0.05, 0.1) is 10.9 Å². The van der Waals surface area contributed by atoms with E-state index in [0.29, 0.717) is 5.35 Å². The van der Waals surface area contributed by atoms with Crippen molar-refractivity contribution in [3.63, 3.8) is 0 Å². The number of aromatic nitrogens is 1. The molecule has 0 fully saturated rings. The van der Waals surface area contributed by atoms with Crippen LogP contribution in [0.4, 0.5) is 0 Å². The standard InChI is InChI=1S/C11H11NO/c1-6-4-5-7(2)10-9(6)11(13)8(3)12-10/h4-5,12-13H,1,3H2,2H3. The quantitative estimate of drug-likeness (QED) is 0.612. The van der Waals surface area contributed by atoms with Crippen molar-refractivity contribution in [2.45, 2.75) is 6.92 Å². The van der Waals surface area contributed by atoms with Gasteiger partial charge in [-0.2, -0.15) is 0 Å². The highest BCUT2D eigenvalue weighted by molar-refractivity contribution is 5.88. The summed E-state index contributed by atoms with van der Waals surface area (Å²) in [5, 5.41) is 11.8. The lowest BCUT2D eigenvalue weighted by molar-refractivity contribution is 0.477. The maximum absolute atomic E-state index is 9.67. The van der Waals surface area contributed by atoms with Gasteiger partial charge in [0, 0.05) is 5.39 Å². The van der Waals surface area contributed by atoms with E-state index in [0.717, 1.165) is 21.7 Å². The summed E-state index contributed by atoms with van der Waals surface area (Å²) in [4.78, 5) is 3.03. The average Bonchev–Trinajstić information content (AvgIpc) is 2.38. The molecule has 2 nitrogen and oxygen atoms in total. The summed E-state index contributed by atoms with van der Waals surface area (Å²) in [5.41, 5.74) is 2.02. The topological polar surface area (TPSA) is 36.0 Å². The molecule has 1 aromatic heterocycles. The van der Waals surface area contributed by atoms with Crippen LogP contribution in [0, 0.1) is 6.92 Å². The van der Waals surface area contributed by atoms with Crippen molar-refractivity contribution in [3.8, 4) is 5.75 Å². The molecular formula is C11H11NO. The molecule has 0 unspecified atom stereocenters. The van der Waals surface area contributed by atoms with Gasteiger partial charge in [0.25, 0.3) is 0 Å². The molecular weight excluding hydrogens is 162 g/mol. The zero-order valence-corrected chi connectivity index (χ0v) is 7.52. The highest BCUT2D eigenvalue weighted by Crippen LogP contribution is 2.18. The van der Waals surface area contributed by atoms with E-state index in [2.05, 4.69) is 18.1 Å². The van der Waals surface area contributed by atoms with Crippen LogP contribution in [-0.4, -0.2) is 10.1 Å². The lowest BCUT2D eigenvalue weighted by atomic mass is 10.1. The second-order valence-corrected chi connectivity index (χ2v) is 3.24. The number of hydrogen-bond acceptors (Lipinski definition) is 1. The van der Waals surface area contributed by atoms with Crippen LogP contribution >= 0.6 is 0 Å². The van der Waals surface area contributed by atoms with Crippen LogP contribution in [0.15, 0.2) is 12.1 Å². The molecule has 0 saturated carbocycles. The van der Waals surface area contributed by atoms with Gasteiger partial charge < -0.3 is 10.1 Å². The Balaban J connectivity index is 3.19. The summed E-state index contributed by atoms with van der Waals surface area (Å²) in [7, 11) is 0. The number of hydrogen-bond donors (Lipinski definition) is 2.